The van der Waals surface area contributed by atoms with Crippen molar-refractivity contribution in [3.05, 3.63) is 71.3 Å². The molecular weight excluding hydrogens is 328 g/mol. The highest BCUT2D eigenvalue weighted by atomic mass is 16.5. The summed E-state index contributed by atoms with van der Waals surface area (Å²) in [6.07, 6.45) is 4.01. The number of ether oxygens (including phenoxy) is 3. The van der Waals surface area contributed by atoms with E-state index in [1.807, 2.05) is 61.5 Å². The maximum atomic E-state index is 12.3. The van der Waals surface area contributed by atoms with E-state index in [0.29, 0.717) is 36.5 Å². The van der Waals surface area contributed by atoms with Crippen LogP contribution >= 0.6 is 0 Å². The molecule has 2 aromatic rings. The number of hydrogen-bond donors (Lipinski definition) is 0. The highest BCUT2D eigenvalue weighted by Gasteiger charge is 2.12. The fourth-order valence-electron chi connectivity index (χ4n) is 2.68. The molecule has 2 rings (SSSR count). The van der Waals surface area contributed by atoms with Gasteiger partial charge in [0.2, 0.25) is 0 Å². The smallest absolute Gasteiger partial charge is 0.333 e. The number of rotatable bonds is 9. The highest BCUT2D eigenvalue weighted by Crippen LogP contribution is 2.28. The van der Waals surface area contributed by atoms with Crippen LogP contribution < -0.4 is 9.47 Å². The lowest BCUT2D eigenvalue weighted by Gasteiger charge is -2.11. The van der Waals surface area contributed by atoms with Crippen molar-refractivity contribution in [1.29, 1.82) is 0 Å². The first kappa shape index (κ1) is 19.6. The standard InChI is InChI=1S/C22H26O4/c1-4-26-22(23)19(13-10-17-8-6-5-7-9-17)14-11-18-12-15-20(24-2)21(16-18)25-3/h5-9,12-13,15-16H,4,10-11,14H2,1-3H3/b19-13+. The average molecular weight is 354 g/mol. The van der Waals surface area contributed by atoms with Crippen LogP contribution in [0.5, 0.6) is 11.5 Å². The lowest BCUT2D eigenvalue weighted by atomic mass is 10.0. The summed E-state index contributed by atoms with van der Waals surface area (Å²) in [7, 11) is 3.23. The maximum absolute atomic E-state index is 12.3. The molecule has 0 aliphatic rings. The van der Waals surface area contributed by atoms with Crippen LogP contribution in [0.25, 0.3) is 0 Å². The molecule has 0 saturated carbocycles. The zero-order valence-corrected chi connectivity index (χ0v) is 15.7. The van der Waals surface area contributed by atoms with Gasteiger partial charge in [-0.2, -0.15) is 0 Å². The quantitative estimate of drug-likeness (QED) is 0.495. The van der Waals surface area contributed by atoms with Crippen LogP contribution in [0.2, 0.25) is 0 Å². The van der Waals surface area contributed by atoms with Crippen molar-refractivity contribution in [1.82, 2.24) is 0 Å². The lowest BCUT2D eigenvalue weighted by molar-refractivity contribution is -0.138. The van der Waals surface area contributed by atoms with Gasteiger partial charge in [-0.05, 0) is 49.4 Å². The number of carbonyl (C=O) groups excluding carboxylic acids is 1. The Balaban J connectivity index is 2.10. The molecule has 0 N–H and O–H groups in total. The van der Waals surface area contributed by atoms with Crippen LogP contribution in [0, 0.1) is 0 Å². The molecule has 0 radical (unpaired) electrons. The summed E-state index contributed by atoms with van der Waals surface area (Å²) >= 11 is 0. The van der Waals surface area contributed by atoms with Gasteiger partial charge in [0.25, 0.3) is 0 Å². The Morgan fingerprint density at radius 3 is 2.35 bits per heavy atom. The molecule has 0 saturated heterocycles. The summed E-state index contributed by atoms with van der Waals surface area (Å²) in [5, 5.41) is 0. The number of aryl methyl sites for hydroxylation is 1. The van der Waals surface area contributed by atoms with Gasteiger partial charge in [-0.15, -0.1) is 0 Å². The minimum atomic E-state index is -0.246. The van der Waals surface area contributed by atoms with Gasteiger partial charge in [0.1, 0.15) is 0 Å². The van der Waals surface area contributed by atoms with Crippen molar-refractivity contribution in [2.75, 3.05) is 20.8 Å². The van der Waals surface area contributed by atoms with Gasteiger partial charge in [-0.1, -0.05) is 42.5 Å². The van der Waals surface area contributed by atoms with Gasteiger partial charge in [-0.3, -0.25) is 0 Å². The van der Waals surface area contributed by atoms with Gasteiger partial charge in [0.15, 0.2) is 11.5 Å². The predicted octanol–water partition coefficient (Wildman–Crippen LogP) is 4.37. The molecule has 0 bridgehead atoms. The molecule has 0 fully saturated rings. The second-order valence-corrected chi connectivity index (χ2v) is 5.83. The molecule has 2 aromatic carbocycles. The summed E-state index contributed by atoms with van der Waals surface area (Å²) in [5.74, 6) is 1.14. The van der Waals surface area contributed by atoms with Crippen LogP contribution in [0.1, 0.15) is 24.5 Å². The van der Waals surface area contributed by atoms with Crippen LogP contribution in [0.3, 0.4) is 0 Å². The average Bonchev–Trinajstić information content (AvgIpc) is 2.68. The highest BCUT2D eigenvalue weighted by molar-refractivity contribution is 5.88. The largest absolute Gasteiger partial charge is 0.493 e. The molecule has 26 heavy (non-hydrogen) atoms. The van der Waals surface area contributed by atoms with Crippen molar-refractivity contribution in [3.63, 3.8) is 0 Å². The Kier molecular flexibility index (Phi) is 7.75. The molecule has 138 valence electrons. The minimum absolute atomic E-state index is 0.246. The van der Waals surface area contributed by atoms with E-state index in [-0.39, 0.29) is 5.97 Å². The number of esters is 1. The first-order chi connectivity index (χ1) is 12.7. The number of benzene rings is 2. The topological polar surface area (TPSA) is 44.8 Å². The number of methoxy groups -OCH3 is 2. The van der Waals surface area contributed by atoms with Gasteiger partial charge < -0.3 is 14.2 Å². The molecule has 0 spiro atoms. The summed E-state index contributed by atoms with van der Waals surface area (Å²) in [6, 6.07) is 15.9. The SMILES string of the molecule is CCOC(=O)/C(=C/Cc1ccccc1)CCc1ccc(OC)c(OC)c1. The summed E-state index contributed by atoms with van der Waals surface area (Å²) in [4.78, 5) is 12.3. The predicted molar refractivity (Wildman–Crippen MR) is 103 cm³/mol. The van der Waals surface area contributed by atoms with Crippen molar-refractivity contribution >= 4 is 5.97 Å². The first-order valence-corrected chi connectivity index (χ1v) is 8.79. The van der Waals surface area contributed by atoms with E-state index in [9.17, 15) is 4.79 Å². The lowest BCUT2D eigenvalue weighted by Crippen LogP contribution is -2.09. The minimum Gasteiger partial charge on any atom is -0.493 e. The third-order valence-electron chi connectivity index (χ3n) is 4.10. The second-order valence-electron chi connectivity index (χ2n) is 5.83. The number of hydrogen-bond acceptors (Lipinski definition) is 4. The summed E-state index contributed by atoms with van der Waals surface area (Å²) < 4.78 is 15.8. The van der Waals surface area contributed by atoms with Gasteiger partial charge in [0.05, 0.1) is 20.8 Å². The van der Waals surface area contributed by atoms with Gasteiger partial charge >= 0.3 is 5.97 Å². The van der Waals surface area contributed by atoms with Crippen molar-refractivity contribution in [3.8, 4) is 11.5 Å². The van der Waals surface area contributed by atoms with E-state index in [1.54, 1.807) is 14.2 Å². The van der Waals surface area contributed by atoms with E-state index in [0.717, 1.165) is 12.0 Å². The fourth-order valence-corrected chi connectivity index (χ4v) is 2.68. The molecule has 0 heterocycles. The zero-order valence-electron chi connectivity index (χ0n) is 15.7. The van der Waals surface area contributed by atoms with Crippen molar-refractivity contribution in [2.45, 2.75) is 26.2 Å². The fraction of sp³-hybridized carbons (Fsp3) is 0.318. The van der Waals surface area contributed by atoms with Crippen LogP contribution in [-0.4, -0.2) is 26.8 Å². The van der Waals surface area contributed by atoms with E-state index in [1.165, 1.54) is 5.56 Å². The summed E-state index contributed by atoms with van der Waals surface area (Å²) in [6.45, 7) is 2.19. The first-order valence-electron chi connectivity index (χ1n) is 8.79. The molecule has 0 aliphatic carbocycles. The van der Waals surface area contributed by atoms with Crippen LogP contribution in [-0.2, 0) is 22.4 Å². The molecule has 4 heteroatoms. The molecule has 0 unspecified atom stereocenters. The second kappa shape index (κ2) is 10.3. The van der Waals surface area contributed by atoms with Crippen LogP contribution in [0.15, 0.2) is 60.2 Å². The molecule has 0 aliphatic heterocycles. The zero-order chi connectivity index (χ0) is 18.8. The van der Waals surface area contributed by atoms with Gasteiger partial charge in [0, 0.05) is 5.57 Å². The maximum Gasteiger partial charge on any atom is 0.333 e. The van der Waals surface area contributed by atoms with Crippen LogP contribution in [0.4, 0.5) is 0 Å². The Bertz CT molecular complexity index is 735. The molecule has 0 aromatic heterocycles. The Morgan fingerprint density at radius 1 is 0.962 bits per heavy atom. The van der Waals surface area contributed by atoms with E-state index < -0.39 is 0 Å². The van der Waals surface area contributed by atoms with E-state index in [2.05, 4.69) is 0 Å². The number of carbonyl (C=O) groups is 1. The normalized spacial score (nSPS) is 11.1. The van der Waals surface area contributed by atoms with Crippen molar-refractivity contribution in [2.24, 2.45) is 0 Å². The van der Waals surface area contributed by atoms with E-state index >= 15 is 0 Å². The Morgan fingerprint density at radius 2 is 1.69 bits per heavy atom. The Labute approximate surface area is 155 Å². The molecular formula is C22H26O4. The van der Waals surface area contributed by atoms with Crippen molar-refractivity contribution < 1.29 is 19.0 Å². The summed E-state index contributed by atoms with van der Waals surface area (Å²) in [5.41, 5.74) is 2.95. The van der Waals surface area contributed by atoms with E-state index in [4.69, 9.17) is 14.2 Å². The third-order valence-corrected chi connectivity index (χ3v) is 4.10. The third kappa shape index (κ3) is 5.66. The molecule has 0 amide bonds. The Hall–Kier alpha value is -2.75. The monoisotopic (exact) mass is 354 g/mol. The van der Waals surface area contributed by atoms with Gasteiger partial charge in [-0.25, -0.2) is 4.79 Å². The molecule has 4 nitrogen and oxygen atoms in total. The molecule has 0 atom stereocenters. The number of allylic oxidation sites excluding steroid dienone is 1.